The number of hydrogen-bond acceptors (Lipinski definition) is 6. The zero-order valence-corrected chi connectivity index (χ0v) is 19.2. The molecule has 1 aliphatic heterocycles. The quantitative estimate of drug-likeness (QED) is 0.578. The molecule has 4 rings (SSSR count). The van der Waals surface area contributed by atoms with Crippen LogP contribution in [0.25, 0.3) is 21.8 Å². The highest BCUT2D eigenvalue weighted by Gasteiger charge is 2.22. The Morgan fingerprint density at radius 3 is 2.58 bits per heavy atom. The Morgan fingerprint density at radius 1 is 1.19 bits per heavy atom. The Hall–Kier alpha value is -2.55. The average molecular weight is 460 g/mol. The van der Waals surface area contributed by atoms with Crippen LogP contribution in [-0.2, 0) is 4.79 Å². The largest absolute Gasteiger partial charge is 0.301 e. The predicted molar refractivity (Wildman–Crippen MR) is 127 cm³/mol. The summed E-state index contributed by atoms with van der Waals surface area (Å²) in [5.74, 6) is 0.0593. The lowest BCUT2D eigenvalue weighted by atomic mass is 10.00. The summed E-state index contributed by atoms with van der Waals surface area (Å²) in [6.07, 6.45) is 2.28. The summed E-state index contributed by atoms with van der Waals surface area (Å²) in [7, 11) is 0. The number of amides is 1. The van der Waals surface area contributed by atoms with E-state index < -0.39 is 0 Å². The van der Waals surface area contributed by atoms with E-state index in [1.54, 1.807) is 6.07 Å². The lowest BCUT2D eigenvalue weighted by Crippen LogP contribution is -2.30. The number of nitrogens with one attached hydrogen (secondary N) is 2. The number of benzene rings is 1. The van der Waals surface area contributed by atoms with E-state index in [0.717, 1.165) is 47.6 Å². The molecule has 1 saturated heterocycles. The molecule has 0 saturated carbocycles. The van der Waals surface area contributed by atoms with Crippen LogP contribution in [0.4, 0.5) is 5.13 Å². The maximum absolute atomic E-state index is 12.5. The zero-order valence-electron chi connectivity index (χ0n) is 17.6. The standard InChI is InChI=1S/C22H25N5O2S.ClH/c1-14(2)16-12-17(28)25-26-20(16)21-19(15-8-4-3-5-9-15)24-22(30-21)23-18(29)13-27-10-6-7-11-27;/h3-5,8-9,12,14H,6-7,10-11,13H2,1-2H3,(H,25,28)(H,23,24,29);1H. The van der Waals surface area contributed by atoms with Crippen LogP contribution < -0.4 is 10.9 Å². The number of aromatic amines is 1. The van der Waals surface area contributed by atoms with Gasteiger partial charge in [0.15, 0.2) is 5.13 Å². The molecule has 2 N–H and O–H groups in total. The minimum absolute atomic E-state index is 0. The normalized spacial score (nSPS) is 13.9. The third-order valence-corrected chi connectivity index (χ3v) is 6.14. The van der Waals surface area contributed by atoms with E-state index in [9.17, 15) is 9.59 Å². The maximum atomic E-state index is 12.5. The second-order valence-electron chi connectivity index (χ2n) is 7.79. The van der Waals surface area contributed by atoms with E-state index >= 15 is 0 Å². The van der Waals surface area contributed by atoms with E-state index in [1.807, 2.05) is 44.2 Å². The van der Waals surface area contributed by atoms with Gasteiger partial charge in [0.25, 0.3) is 5.56 Å². The Kier molecular flexibility index (Phi) is 7.59. The number of thiazole rings is 1. The van der Waals surface area contributed by atoms with Crippen molar-refractivity contribution in [3.63, 3.8) is 0 Å². The molecule has 1 fully saturated rings. The Morgan fingerprint density at radius 2 is 1.90 bits per heavy atom. The van der Waals surface area contributed by atoms with Gasteiger partial charge in [0, 0.05) is 11.6 Å². The first-order chi connectivity index (χ1) is 14.5. The van der Waals surface area contributed by atoms with Crippen molar-refractivity contribution in [3.05, 3.63) is 52.3 Å². The number of anilines is 1. The predicted octanol–water partition coefficient (Wildman–Crippen LogP) is 4.14. The highest BCUT2D eigenvalue weighted by Crippen LogP contribution is 2.40. The number of carbonyl (C=O) groups excluding carboxylic acids is 1. The first kappa shape index (κ1) is 23.1. The molecule has 0 atom stereocenters. The SMILES string of the molecule is CC(C)c1cc(=O)[nH]nc1-c1sc(NC(=O)CN2CCCC2)nc1-c1ccccc1.Cl. The number of rotatable bonds is 6. The fourth-order valence-corrected chi connectivity index (χ4v) is 4.68. The molecular weight excluding hydrogens is 434 g/mol. The second-order valence-corrected chi connectivity index (χ2v) is 8.78. The van der Waals surface area contributed by atoms with Gasteiger partial charge in [0.2, 0.25) is 5.91 Å². The van der Waals surface area contributed by atoms with Gasteiger partial charge >= 0.3 is 0 Å². The van der Waals surface area contributed by atoms with Crippen LogP contribution in [0.2, 0.25) is 0 Å². The van der Waals surface area contributed by atoms with Gasteiger partial charge in [0.1, 0.15) is 5.69 Å². The van der Waals surface area contributed by atoms with Crippen LogP contribution in [0.5, 0.6) is 0 Å². The summed E-state index contributed by atoms with van der Waals surface area (Å²) in [6, 6.07) is 11.4. The van der Waals surface area contributed by atoms with E-state index in [2.05, 4.69) is 20.4 Å². The lowest BCUT2D eigenvalue weighted by Gasteiger charge is -2.12. The molecule has 1 aromatic carbocycles. The molecular formula is C22H26ClN5O2S. The van der Waals surface area contributed by atoms with Crippen molar-refractivity contribution in [1.82, 2.24) is 20.1 Å². The Balaban J connectivity index is 0.00000272. The van der Waals surface area contributed by atoms with E-state index in [1.165, 1.54) is 11.3 Å². The highest BCUT2D eigenvalue weighted by atomic mass is 35.5. The third kappa shape index (κ3) is 5.39. The highest BCUT2D eigenvalue weighted by molar-refractivity contribution is 7.19. The fourth-order valence-electron chi connectivity index (χ4n) is 3.67. The molecule has 1 amide bonds. The zero-order chi connectivity index (χ0) is 21.1. The summed E-state index contributed by atoms with van der Waals surface area (Å²) in [5.41, 5.74) is 3.01. The first-order valence-corrected chi connectivity index (χ1v) is 11.0. The van der Waals surface area contributed by atoms with Gasteiger partial charge in [-0.25, -0.2) is 10.1 Å². The summed E-state index contributed by atoms with van der Waals surface area (Å²) >= 11 is 1.38. The van der Waals surface area contributed by atoms with Crippen molar-refractivity contribution in [2.45, 2.75) is 32.6 Å². The molecule has 164 valence electrons. The van der Waals surface area contributed by atoms with Crippen molar-refractivity contribution >= 4 is 34.8 Å². The number of hydrogen-bond donors (Lipinski definition) is 2. The van der Waals surface area contributed by atoms with Crippen molar-refractivity contribution in [2.75, 3.05) is 25.0 Å². The minimum Gasteiger partial charge on any atom is -0.301 e. The number of nitrogens with zero attached hydrogens (tertiary/aromatic N) is 3. The molecule has 9 heteroatoms. The first-order valence-electron chi connectivity index (χ1n) is 10.2. The summed E-state index contributed by atoms with van der Waals surface area (Å²) in [4.78, 5) is 32.1. The molecule has 0 spiro atoms. The second kappa shape index (κ2) is 10.2. The summed E-state index contributed by atoms with van der Waals surface area (Å²) in [5, 5.41) is 10.4. The lowest BCUT2D eigenvalue weighted by molar-refractivity contribution is -0.117. The monoisotopic (exact) mass is 459 g/mol. The van der Waals surface area contributed by atoms with Gasteiger partial charge in [-0.05, 0) is 37.4 Å². The van der Waals surface area contributed by atoms with Crippen LogP contribution in [0.3, 0.4) is 0 Å². The number of likely N-dealkylation sites (tertiary alicyclic amines) is 1. The number of halogens is 1. The van der Waals surface area contributed by atoms with Crippen LogP contribution in [0, 0.1) is 0 Å². The fraction of sp³-hybridized carbons (Fsp3) is 0.364. The van der Waals surface area contributed by atoms with Crippen molar-refractivity contribution in [2.24, 2.45) is 0 Å². The van der Waals surface area contributed by atoms with Gasteiger partial charge in [-0.2, -0.15) is 5.10 Å². The molecule has 0 aliphatic carbocycles. The molecule has 0 bridgehead atoms. The van der Waals surface area contributed by atoms with Crippen molar-refractivity contribution in [1.29, 1.82) is 0 Å². The number of carbonyl (C=O) groups is 1. The number of H-pyrrole nitrogens is 1. The smallest absolute Gasteiger partial charge is 0.264 e. The van der Waals surface area contributed by atoms with Gasteiger partial charge in [-0.1, -0.05) is 55.5 Å². The van der Waals surface area contributed by atoms with Crippen molar-refractivity contribution in [3.8, 4) is 21.8 Å². The topological polar surface area (TPSA) is 91.0 Å². The van der Waals surface area contributed by atoms with Gasteiger partial charge < -0.3 is 5.32 Å². The molecule has 3 aromatic rings. The molecule has 3 heterocycles. The third-order valence-electron chi connectivity index (χ3n) is 5.16. The van der Waals surface area contributed by atoms with Crippen LogP contribution in [0.1, 0.15) is 38.2 Å². The number of aromatic nitrogens is 3. The van der Waals surface area contributed by atoms with E-state index in [0.29, 0.717) is 17.4 Å². The molecule has 2 aromatic heterocycles. The van der Waals surface area contributed by atoms with Crippen LogP contribution >= 0.6 is 23.7 Å². The van der Waals surface area contributed by atoms with E-state index in [4.69, 9.17) is 4.98 Å². The van der Waals surface area contributed by atoms with Gasteiger partial charge in [0.05, 0.1) is 17.1 Å². The summed E-state index contributed by atoms with van der Waals surface area (Å²) in [6.45, 7) is 6.36. The molecule has 31 heavy (non-hydrogen) atoms. The summed E-state index contributed by atoms with van der Waals surface area (Å²) < 4.78 is 0. The van der Waals surface area contributed by atoms with E-state index in [-0.39, 0.29) is 29.8 Å². The van der Waals surface area contributed by atoms with Crippen LogP contribution in [-0.4, -0.2) is 45.6 Å². The molecule has 1 aliphatic rings. The minimum atomic E-state index is -0.229. The molecule has 0 radical (unpaired) electrons. The van der Waals surface area contributed by atoms with Crippen molar-refractivity contribution < 1.29 is 4.79 Å². The van der Waals surface area contributed by atoms with Crippen LogP contribution in [0.15, 0.2) is 41.2 Å². The Labute approximate surface area is 191 Å². The Bertz CT molecular complexity index is 1090. The van der Waals surface area contributed by atoms with Gasteiger partial charge in [-0.3, -0.25) is 14.5 Å². The maximum Gasteiger partial charge on any atom is 0.264 e. The molecule has 7 nitrogen and oxygen atoms in total. The average Bonchev–Trinajstić information content (AvgIpc) is 3.38. The molecule has 0 unspecified atom stereocenters. The van der Waals surface area contributed by atoms with Gasteiger partial charge in [-0.15, -0.1) is 12.4 Å².